The maximum Gasteiger partial charge on any atom is 0.573 e. The summed E-state index contributed by atoms with van der Waals surface area (Å²) in [7, 11) is 0. The van der Waals surface area contributed by atoms with Gasteiger partial charge in [0.15, 0.2) is 0 Å². The third kappa shape index (κ3) is 4.66. The van der Waals surface area contributed by atoms with E-state index in [1.807, 2.05) is 0 Å². The fourth-order valence-electron chi connectivity index (χ4n) is 2.31. The van der Waals surface area contributed by atoms with Gasteiger partial charge in [0.25, 0.3) is 0 Å². The van der Waals surface area contributed by atoms with Gasteiger partial charge in [0, 0.05) is 11.0 Å². The number of hydrogen-bond acceptors (Lipinski definition) is 2. The van der Waals surface area contributed by atoms with Crippen LogP contribution in [0.4, 0.5) is 13.2 Å². The number of benzene rings is 1. The SMILES string of the molecule is CC1CCN(Cc2ccc(OC(F)(F)F)cc2Br)CC1. The maximum atomic E-state index is 12.1. The van der Waals surface area contributed by atoms with Gasteiger partial charge in [0.1, 0.15) is 5.75 Å². The van der Waals surface area contributed by atoms with Crippen LogP contribution in [0.25, 0.3) is 0 Å². The Morgan fingerprint density at radius 1 is 1.30 bits per heavy atom. The average Bonchev–Trinajstić information content (AvgIpc) is 2.33. The number of likely N-dealkylation sites (tertiary alicyclic amines) is 1. The van der Waals surface area contributed by atoms with E-state index in [4.69, 9.17) is 0 Å². The van der Waals surface area contributed by atoms with E-state index in [-0.39, 0.29) is 5.75 Å². The summed E-state index contributed by atoms with van der Waals surface area (Å²) in [6.45, 7) is 5.07. The molecule has 0 N–H and O–H groups in total. The molecule has 0 radical (unpaired) electrons. The Balaban J connectivity index is 1.99. The first-order chi connectivity index (χ1) is 9.33. The van der Waals surface area contributed by atoms with E-state index in [9.17, 15) is 13.2 Å². The summed E-state index contributed by atoms with van der Waals surface area (Å²) in [6, 6.07) is 4.42. The van der Waals surface area contributed by atoms with E-state index >= 15 is 0 Å². The van der Waals surface area contributed by atoms with Crippen molar-refractivity contribution in [2.24, 2.45) is 5.92 Å². The second kappa shape index (κ2) is 6.35. The zero-order valence-electron chi connectivity index (χ0n) is 11.2. The van der Waals surface area contributed by atoms with Gasteiger partial charge in [-0.3, -0.25) is 4.90 Å². The second-order valence-corrected chi connectivity index (χ2v) is 6.11. The molecule has 1 aromatic rings. The average molecular weight is 352 g/mol. The summed E-state index contributed by atoms with van der Waals surface area (Å²) < 4.78 is 41.0. The van der Waals surface area contributed by atoms with Gasteiger partial charge in [-0.25, -0.2) is 0 Å². The van der Waals surface area contributed by atoms with Crippen molar-refractivity contribution in [1.82, 2.24) is 4.90 Å². The van der Waals surface area contributed by atoms with E-state index < -0.39 is 6.36 Å². The van der Waals surface area contributed by atoms with Crippen molar-refractivity contribution in [3.8, 4) is 5.75 Å². The second-order valence-electron chi connectivity index (χ2n) is 5.26. The number of nitrogens with zero attached hydrogens (tertiary/aromatic N) is 1. The van der Waals surface area contributed by atoms with Crippen LogP contribution < -0.4 is 4.74 Å². The standard InChI is InChI=1S/C14H17BrF3NO/c1-10-4-6-19(7-5-10)9-11-2-3-12(8-13(11)15)20-14(16,17)18/h2-3,8,10H,4-7,9H2,1H3. The number of rotatable bonds is 3. The van der Waals surface area contributed by atoms with E-state index in [0.717, 1.165) is 31.1 Å². The quantitative estimate of drug-likeness (QED) is 0.790. The Morgan fingerprint density at radius 2 is 1.95 bits per heavy atom. The highest BCUT2D eigenvalue weighted by atomic mass is 79.9. The van der Waals surface area contributed by atoms with Gasteiger partial charge in [-0.1, -0.05) is 28.9 Å². The smallest absolute Gasteiger partial charge is 0.406 e. The van der Waals surface area contributed by atoms with Crippen LogP contribution >= 0.6 is 15.9 Å². The van der Waals surface area contributed by atoms with Crippen LogP contribution in [0.1, 0.15) is 25.3 Å². The number of alkyl halides is 3. The molecule has 0 saturated carbocycles. The number of piperidine rings is 1. The number of halogens is 4. The number of ether oxygens (including phenoxy) is 1. The third-order valence-corrected chi connectivity index (χ3v) is 4.27. The Labute approximate surface area is 125 Å². The fraction of sp³-hybridized carbons (Fsp3) is 0.571. The molecule has 1 heterocycles. The summed E-state index contributed by atoms with van der Waals surface area (Å²) >= 11 is 3.32. The molecule has 2 nitrogen and oxygen atoms in total. The van der Waals surface area contributed by atoms with Crippen molar-refractivity contribution < 1.29 is 17.9 Å². The topological polar surface area (TPSA) is 12.5 Å². The minimum atomic E-state index is -4.65. The van der Waals surface area contributed by atoms with Gasteiger partial charge in [0.05, 0.1) is 0 Å². The van der Waals surface area contributed by atoms with Crippen LogP contribution in [0.5, 0.6) is 5.75 Å². The van der Waals surface area contributed by atoms with Crippen molar-refractivity contribution in [3.05, 3.63) is 28.2 Å². The molecule has 1 aliphatic heterocycles. The molecule has 0 aromatic heterocycles. The first-order valence-corrected chi connectivity index (χ1v) is 7.39. The van der Waals surface area contributed by atoms with E-state index in [2.05, 4.69) is 32.5 Å². The molecule has 0 amide bonds. The van der Waals surface area contributed by atoms with Crippen molar-refractivity contribution >= 4 is 15.9 Å². The van der Waals surface area contributed by atoms with Gasteiger partial charge >= 0.3 is 6.36 Å². The van der Waals surface area contributed by atoms with Crippen LogP contribution in [-0.2, 0) is 6.54 Å². The minimum absolute atomic E-state index is 0.194. The molecule has 1 fully saturated rings. The van der Waals surface area contributed by atoms with Gasteiger partial charge in [0.2, 0.25) is 0 Å². The molecule has 0 bridgehead atoms. The van der Waals surface area contributed by atoms with Crippen LogP contribution in [0.15, 0.2) is 22.7 Å². The lowest BCUT2D eigenvalue weighted by atomic mass is 9.99. The van der Waals surface area contributed by atoms with Crippen LogP contribution in [0.3, 0.4) is 0 Å². The Bertz CT molecular complexity index is 456. The highest BCUT2D eigenvalue weighted by molar-refractivity contribution is 9.10. The Kier molecular flexibility index (Phi) is 4.96. The van der Waals surface area contributed by atoms with Crippen molar-refractivity contribution in [3.63, 3.8) is 0 Å². The maximum absolute atomic E-state index is 12.1. The highest BCUT2D eigenvalue weighted by Gasteiger charge is 2.31. The first kappa shape index (κ1) is 15.6. The lowest BCUT2D eigenvalue weighted by Gasteiger charge is -2.30. The van der Waals surface area contributed by atoms with Crippen molar-refractivity contribution in [1.29, 1.82) is 0 Å². The largest absolute Gasteiger partial charge is 0.573 e. The van der Waals surface area contributed by atoms with Crippen LogP contribution in [0.2, 0.25) is 0 Å². The van der Waals surface area contributed by atoms with Crippen LogP contribution in [0, 0.1) is 5.92 Å². The van der Waals surface area contributed by atoms with E-state index in [1.165, 1.54) is 25.0 Å². The molecule has 0 atom stereocenters. The van der Waals surface area contributed by atoms with Gasteiger partial charge in [-0.15, -0.1) is 13.2 Å². The van der Waals surface area contributed by atoms with E-state index in [1.54, 1.807) is 6.07 Å². The van der Waals surface area contributed by atoms with Crippen LogP contribution in [-0.4, -0.2) is 24.4 Å². The minimum Gasteiger partial charge on any atom is -0.406 e. The Morgan fingerprint density at radius 3 is 2.50 bits per heavy atom. The zero-order valence-corrected chi connectivity index (χ0v) is 12.8. The summed E-state index contributed by atoms with van der Waals surface area (Å²) in [6.07, 6.45) is -2.30. The molecule has 112 valence electrons. The van der Waals surface area contributed by atoms with E-state index in [0.29, 0.717) is 4.47 Å². The molecule has 2 rings (SSSR count). The summed E-state index contributed by atoms with van der Waals surface area (Å²) in [5.41, 5.74) is 0.981. The molecule has 1 aromatic carbocycles. The fourth-order valence-corrected chi connectivity index (χ4v) is 2.80. The lowest BCUT2D eigenvalue weighted by molar-refractivity contribution is -0.274. The van der Waals surface area contributed by atoms with Gasteiger partial charge in [-0.05, 0) is 49.5 Å². The molecule has 0 aliphatic carbocycles. The molecular weight excluding hydrogens is 335 g/mol. The highest BCUT2D eigenvalue weighted by Crippen LogP contribution is 2.29. The molecule has 20 heavy (non-hydrogen) atoms. The first-order valence-electron chi connectivity index (χ1n) is 6.60. The van der Waals surface area contributed by atoms with Crippen molar-refractivity contribution in [2.45, 2.75) is 32.7 Å². The lowest BCUT2D eigenvalue weighted by Crippen LogP contribution is -2.32. The zero-order chi connectivity index (χ0) is 14.8. The summed E-state index contributed by atoms with van der Waals surface area (Å²) in [5, 5.41) is 0. The summed E-state index contributed by atoms with van der Waals surface area (Å²) in [4.78, 5) is 2.32. The van der Waals surface area contributed by atoms with Gasteiger partial charge < -0.3 is 4.74 Å². The predicted molar refractivity (Wildman–Crippen MR) is 74.5 cm³/mol. The molecular formula is C14H17BrF3NO. The molecule has 6 heteroatoms. The summed E-state index contributed by atoms with van der Waals surface area (Å²) in [5.74, 6) is 0.567. The molecule has 1 saturated heterocycles. The normalized spacial score (nSPS) is 18.2. The predicted octanol–water partition coefficient (Wildman–Crippen LogP) is 4.58. The monoisotopic (exact) mass is 351 g/mol. The third-order valence-electron chi connectivity index (χ3n) is 3.53. The molecule has 1 aliphatic rings. The molecule has 0 unspecified atom stereocenters. The Hall–Kier alpha value is -0.750. The van der Waals surface area contributed by atoms with Gasteiger partial charge in [-0.2, -0.15) is 0 Å². The molecule has 0 spiro atoms. The number of hydrogen-bond donors (Lipinski definition) is 0. The van der Waals surface area contributed by atoms with Crippen molar-refractivity contribution in [2.75, 3.05) is 13.1 Å².